The van der Waals surface area contributed by atoms with Gasteiger partial charge in [-0.15, -0.1) is 0 Å². The van der Waals surface area contributed by atoms with E-state index in [0.717, 1.165) is 72.5 Å². The van der Waals surface area contributed by atoms with Crippen molar-refractivity contribution in [2.45, 2.75) is 19.4 Å². The Hall–Kier alpha value is -1.98. The maximum atomic E-state index is 12.2. The molecule has 3 aromatic rings. The van der Waals surface area contributed by atoms with Crippen molar-refractivity contribution >= 4 is 48.7 Å². The van der Waals surface area contributed by atoms with Gasteiger partial charge in [0.2, 0.25) is 5.95 Å². The smallest absolute Gasteiger partial charge is 0.260 e. The summed E-state index contributed by atoms with van der Waals surface area (Å²) in [4.78, 5) is 21.9. The fourth-order valence-corrected chi connectivity index (χ4v) is 5.44. The van der Waals surface area contributed by atoms with Crippen LogP contribution in [0, 0.1) is 0 Å². The van der Waals surface area contributed by atoms with Crippen LogP contribution in [0.3, 0.4) is 0 Å². The van der Waals surface area contributed by atoms with Crippen molar-refractivity contribution in [3.63, 3.8) is 0 Å². The van der Waals surface area contributed by atoms with Crippen LogP contribution in [0.5, 0.6) is 5.75 Å². The number of aromatic amines is 1. The molecule has 0 amide bonds. The van der Waals surface area contributed by atoms with Crippen molar-refractivity contribution in [1.29, 1.82) is 0 Å². The second-order valence-corrected chi connectivity index (χ2v) is 10.2. The normalized spacial score (nSPS) is 14.3. The molecule has 0 atom stereocenters. The highest BCUT2D eigenvalue weighted by molar-refractivity contribution is 9.11. The van der Waals surface area contributed by atoms with Gasteiger partial charge in [-0.3, -0.25) is 14.7 Å². The van der Waals surface area contributed by atoms with E-state index < -0.39 is 0 Å². The predicted octanol–water partition coefficient (Wildman–Crippen LogP) is 4.14. The molecule has 2 aromatic carbocycles. The lowest BCUT2D eigenvalue weighted by atomic mass is 10.2. The second-order valence-electron chi connectivity index (χ2n) is 8.42. The molecule has 10 heteroatoms. The Bertz CT molecular complexity index is 1170. The molecule has 0 radical (unpaired) electrons. The zero-order chi connectivity index (χ0) is 24.5. The minimum Gasteiger partial charge on any atom is -0.492 e. The highest BCUT2D eigenvalue weighted by Gasteiger charge is 2.12. The molecular formula is C25H31Br2N5O3. The maximum absolute atomic E-state index is 12.2. The molecule has 1 aliphatic rings. The van der Waals surface area contributed by atoms with Gasteiger partial charge in [-0.05, 0) is 59.6 Å². The average molecular weight is 609 g/mol. The van der Waals surface area contributed by atoms with Crippen molar-refractivity contribution in [2.75, 3.05) is 57.9 Å². The van der Waals surface area contributed by atoms with Crippen LogP contribution in [0.25, 0.3) is 10.9 Å². The Morgan fingerprint density at radius 3 is 2.80 bits per heavy atom. The largest absolute Gasteiger partial charge is 0.492 e. The van der Waals surface area contributed by atoms with E-state index in [9.17, 15) is 4.79 Å². The first-order valence-corrected chi connectivity index (χ1v) is 13.5. The van der Waals surface area contributed by atoms with E-state index in [4.69, 9.17) is 9.47 Å². The fraction of sp³-hybridized carbons (Fsp3) is 0.440. The number of nitrogens with zero attached hydrogens (tertiary/aromatic N) is 2. The Morgan fingerprint density at radius 1 is 1.11 bits per heavy atom. The predicted molar refractivity (Wildman–Crippen MR) is 146 cm³/mol. The highest BCUT2D eigenvalue weighted by Crippen LogP contribution is 2.33. The van der Waals surface area contributed by atoms with Crippen molar-refractivity contribution in [3.8, 4) is 5.75 Å². The van der Waals surface area contributed by atoms with Gasteiger partial charge in [-0.2, -0.15) is 0 Å². The molecule has 0 aliphatic carbocycles. The van der Waals surface area contributed by atoms with Gasteiger partial charge in [0.15, 0.2) is 0 Å². The van der Waals surface area contributed by atoms with Crippen molar-refractivity contribution in [2.24, 2.45) is 0 Å². The third-order valence-corrected chi connectivity index (χ3v) is 6.85. The van der Waals surface area contributed by atoms with Crippen molar-refractivity contribution in [1.82, 2.24) is 20.2 Å². The van der Waals surface area contributed by atoms with E-state index >= 15 is 0 Å². The zero-order valence-electron chi connectivity index (χ0n) is 19.6. The summed E-state index contributed by atoms with van der Waals surface area (Å²) in [5, 5.41) is 7.30. The summed E-state index contributed by atoms with van der Waals surface area (Å²) in [5.74, 6) is 1.39. The first-order chi connectivity index (χ1) is 17.1. The van der Waals surface area contributed by atoms with Gasteiger partial charge in [0, 0.05) is 42.8 Å². The summed E-state index contributed by atoms with van der Waals surface area (Å²) in [7, 11) is 0. The SMILES string of the molecule is O=c1[nH]c(NCCCNCc2cc(Br)cc(Br)c2OCCCN2CCOCC2)nc2ccccc12. The number of benzene rings is 2. The minimum atomic E-state index is -0.131. The standard InChI is InChI=1S/C25H31Br2N5O3/c26-19-15-18(23(21(27)16-19)35-12-4-9-32-10-13-34-14-11-32)17-28-7-3-8-29-25-30-22-6-2-1-5-20(22)24(33)31-25/h1-2,5-6,15-16,28H,3-4,7-14,17H2,(H2,29,30,31,33). The quantitative estimate of drug-likeness (QED) is 0.266. The number of fused-ring (bicyclic) bond motifs is 1. The number of halogens is 2. The molecule has 3 N–H and O–H groups in total. The van der Waals surface area contributed by atoms with Crippen LogP contribution in [-0.2, 0) is 11.3 Å². The summed E-state index contributed by atoms with van der Waals surface area (Å²) in [6, 6.07) is 11.4. The zero-order valence-corrected chi connectivity index (χ0v) is 22.8. The highest BCUT2D eigenvalue weighted by atomic mass is 79.9. The number of para-hydroxylation sites is 1. The summed E-state index contributed by atoms with van der Waals surface area (Å²) in [5.41, 5.74) is 1.66. The van der Waals surface area contributed by atoms with Gasteiger partial charge < -0.3 is 20.1 Å². The molecule has 2 heterocycles. The van der Waals surface area contributed by atoms with Gasteiger partial charge >= 0.3 is 0 Å². The molecular weight excluding hydrogens is 578 g/mol. The lowest BCUT2D eigenvalue weighted by Crippen LogP contribution is -2.37. The molecule has 1 aromatic heterocycles. The van der Waals surface area contributed by atoms with Crippen LogP contribution in [0.4, 0.5) is 5.95 Å². The van der Waals surface area contributed by atoms with Gasteiger partial charge in [0.25, 0.3) is 5.56 Å². The topological polar surface area (TPSA) is 91.5 Å². The summed E-state index contributed by atoms with van der Waals surface area (Å²) in [6.45, 7) is 7.54. The molecule has 0 saturated carbocycles. The number of H-pyrrole nitrogens is 1. The molecule has 1 fully saturated rings. The number of hydrogen-bond donors (Lipinski definition) is 3. The van der Waals surface area contributed by atoms with Gasteiger partial charge in [0.1, 0.15) is 5.75 Å². The number of nitrogens with one attached hydrogen (secondary N) is 3. The first kappa shape index (κ1) is 26.1. The molecule has 188 valence electrons. The van der Waals surface area contributed by atoms with Crippen LogP contribution >= 0.6 is 31.9 Å². The third kappa shape index (κ3) is 7.75. The van der Waals surface area contributed by atoms with Crippen LogP contribution < -0.4 is 20.9 Å². The second kappa shape index (κ2) is 13.4. The Morgan fingerprint density at radius 2 is 1.94 bits per heavy atom. The molecule has 1 saturated heterocycles. The average Bonchev–Trinajstić information content (AvgIpc) is 2.85. The number of morpholine rings is 1. The van der Waals surface area contributed by atoms with Gasteiger partial charge in [-0.1, -0.05) is 28.1 Å². The Labute approximate surface area is 222 Å². The van der Waals surface area contributed by atoms with Crippen LogP contribution in [0.15, 0.2) is 50.1 Å². The fourth-order valence-electron chi connectivity index (χ4n) is 4.01. The lowest BCUT2D eigenvalue weighted by Gasteiger charge is -2.26. The van der Waals surface area contributed by atoms with Crippen LogP contribution in [0.1, 0.15) is 18.4 Å². The molecule has 1 aliphatic heterocycles. The number of rotatable bonds is 12. The van der Waals surface area contributed by atoms with E-state index in [1.165, 1.54) is 0 Å². The van der Waals surface area contributed by atoms with E-state index in [2.05, 4.69) is 63.4 Å². The molecule has 8 nitrogen and oxygen atoms in total. The molecule has 0 spiro atoms. The molecule has 0 unspecified atom stereocenters. The number of anilines is 1. The number of aromatic nitrogens is 2. The van der Waals surface area contributed by atoms with E-state index in [-0.39, 0.29) is 5.56 Å². The molecule has 35 heavy (non-hydrogen) atoms. The Kier molecular flexibility index (Phi) is 9.96. The summed E-state index contributed by atoms with van der Waals surface area (Å²) >= 11 is 7.24. The molecule has 4 rings (SSSR count). The third-order valence-electron chi connectivity index (χ3n) is 5.81. The van der Waals surface area contributed by atoms with Gasteiger partial charge in [-0.25, -0.2) is 4.98 Å². The minimum absolute atomic E-state index is 0.131. The Balaban J connectivity index is 1.21. The van der Waals surface area contributed by atoms with E-state index in [0.29, 0.717) is 36.5 Å². The van der Waals surface area contributed by atoms with Crippen molar-refractivity contribution in [3.05, 3.63) is 61.3 Å². The monoisotopic (exact) mass is 607 g/mol. The lowest BCUT2D eigenvalue weighted by molar-refractivity contribution is 0.0357. The summed E-state index contributed by atoms with van der Waals surface area (Å²) in [6.07, 6.45) is 1.85. The number of ether oxygens (including phenoxy) is 2. The van der Waals surface area contributed by atoms with Crippen molar-refractivity contribution < 1.29 is 9.47 Å². The maximum Gasteiger partial charge on any atom is 0.260 e. The molecule has 0 bridgehead atoms. The van der Waals surface area contributed by atoms with E-state index in [1.807, 2.05) is 24.3 Å². The van der Waals surface area contributed by atoms with Crippen LogP contribution in [0.2, 0.25) is 0 Å². The van der Waals surface area contributed by atoms with Crippen LogP contribution in [-0.4, -0.2) is 67.4 Å². The first-order valence-electron chi connectivity index (χ1n) is 11.9. The number of hydrogen-bond acceptors (Lipinski definition) is 7. The summed E-state index contributed by atoms with van der Waals surface area (Å²) < 4.78 is 13.5. The van der Waals surface area contributed by atoms with Gasteiger partial charge in [0.05, 0.1) is 35.2 Å². The van der Waals surface area contributed by atoms with E-state index in [1.54, 1.807) is 6.07 Å².